The summed E-state index contributed by atoms with van der Waals surface area (Å²) in [6.07, 6.45) is 0. The number of benzene rings is 2. The predicted molar refractivity (Wildman–Crippen MR) is 80.0 cm³/mol. The average molecular weight is 306 g/mol. The summed E-state index contributed by atoms with van der Waals surface area (Å²) in [5.41, 5.74) is 7.19. The Bertz CT molecular complexity index is 703. The minimum Gasteiger partial charge on any atom is -0.399 e. The summed E-state index contributed by atoms with van der Waals surface area (Å²) in [7, 11) is 0. The van der Waals surface area contributed by atoms with Gasteiger partial charge in [-0.05, 0) is 36.4 Å². The molecule has 6 heteroatoms. The van der Waals surface area contributed by atoms with Crippen LogP contribution in [-0.4, -0.2) is 5.91 Å². The number of carbonyl (C=O) groups is 1. The summed E-state index contributed by atoms with van der Waals surface area (Å²) in [5.74, 6) is -0.384. The van der Waals surface area contributed by atoms with Crippen molar-refractivity contribution >= 4 is 40.5 Å². The number of carbonyl (C=O) groups excluding carboxylic acids is 1. The lowest BCUT2D eigenvalue weighted by atomic mass is 10.1. The van der Waals surface area contributed by atoms with Crippen molar-refractivity contribution in [3.05, 3.63) is 57.6 Å². The monoisotopic (exact) mass is 305 g/mol. The van der Waals surface area contributed by atoms with Gasteiger partial charge in [-0.3, -0.25) is 4.79 Å². The number of nitrogens with one attached hydrogen (secondary N) is 1. The van der Waals surface area contributed by atoms with Crippen LogP contribution in [0.5, 0.6) is 0 Å². The maximum Gasteiger partial charge on any atom is 0.255 e. The molecule has 0 aliphatic rings. The molecule has 20 heavy (non-hydrogen) atoms. The summed E-state index contributed by atoms with van der Waals surface area (Å²) in [5, 5.41) is 12.0. The Hall–Kier alpha value is -2.22. The molecule has 0 aliphatic heterocycles. The smallest absolute Gasteiger partial charge is 0.255 e. The summed E-state index contributed by atoms with van der Waals surface area (Å²) in [4.78, 5) is 12.1. The Kier molecular flexibility index (Phi) is 4.14. The van der Waals surface area contributed by atoms with E-state index in [0.717, 1.165) is 0 Å². The Morgan fingerprint density at radius 3 is 2.55 bits per heavy atom. The van der Waals surface area contributed by atoms with E-state index in [0.29, 0.717) is 27.5 Å². The first-order valence-electron chi connectivity index (χ1n) is 5.56. The van der Waals surface area contributed by atoms with Crippen molar-refractivity contribution < 1.29 is 4.79 Å². The number of anilines is 2. The molecule has 0 bridgehead atoms. The highest BCUT2D eigenvalue weighted by Crippen LogP contribution is 2.24. The molecule has 0 saturated heterocycles. The van der Waals surface area contributed by atoms with E-state index in [1.165, 1.54) is 18.2 Å². The van der Waals surface area contributed by atoms with Crippen LogP contribution in [-0.2, 0) is 0 Å². The molecule has 0 fully saturated rings. The van der Waals surface area contributed by atoms with Crippen molar-refractivity contribution in [3.8, 4) is 6.07 Å². The van der Waals surface area contributed by atoms with Gasteiger partial charge in [0.2, 0.25) is 0 Å². The number of nitriles is 1. The van der Waals surface area contributed by atoms with E-state index < -0.39 is 0 Å². The first kappa shape index (κ1) is 14.2. The number of hydrogen-bond donors (Lipinski definition) is 2. The molecule has 0 atom stereocenters. The molecule has 2 aromatic carbocycles. The van der Waals surface area contributed by atoms with Crippen LogP contribution in [0.4, 0.5) is 11.4 Å². The SMILES string of the molecule is N#Cc1ccc(NC(=O)c2cc(N)cc(Cl)c2)c(Cl)c1. The van der Waals surface area contributed by atoms with Gasteiger partial charge in [-0.2, -0.15) is 5.26 Å². The molecule has 2 rings (SSSR count). The quantitative estimate of drug-likeness (QED) is 0.830. The summed E-state index contributed by atoms with van der Waals surface area (Å²) < 4.78 is 0. The molecule has 0 spiro atoms. The molecule has 3 N–H and O–H groups in total. The molecule has 0 aromatic heterocycles. The van der Waals surface area contributed by atoms with Gasteiger partial charge >= 0.3 is 0 Å². The zero-order valence-corrected chi connectivity index (χ0v) is 11.7. The molecule has 2 aromatic rings. The fraction of sp³-hybridized carbons (Fsp3) is 0. The Morgan fingerprint density at radius 1 is 1.20 bits per heavy atom. The third-order valence-corrected chi connectivity index (χ3v) is 3.06. The second-order valence-corrected chi connectivity index (χ2v) is 4.88. The van der Waals surface area contributed by atoms with Crippen molar-refractivity contribution in [1.29, 1.82) is 5.26 Å². The minimum atomic E-state index is -0.384. The highest BCUT2D eigenvalue weighted by molar-refractivity contribution is 6.34. The third-order valence-electron chi connectivity index (χ3n) is 2.53. The Balaban J connectivity index is 2.26. The molecule has 0 unspecified atom stereocenters. The predicted octanol–water partition coefficient (Wildman–Crippen LogP) is 3.70. The van der Waals surface area contributed by atoms with Crippen molar-refractivity contribution in [2.45, 2.75) is 0 Å². The summed E-state index contributed by atoms with van der Waals surface area (Å²) >= 11 is 11.8. The average Bonchev–Trinajstić information content (AvgIpc) is 2.39. The number of nitrogens with zero attached hydrogens (tertiary/aromatic N) is 1. The largest absolute Gasteiger partial charge is 0.399 e. The molecule has 100 valence electrons. The molecule has 0 radical (unpaired) electrons. The van der Waals surface area contributed by atoms with Gasteiger partial charge < -0.3 is 11.1 Å². The summed E-state index contributed by atoms with van der Waals surface area (Å²) in [6, 6.07) is 11.1. The van der Waals surface area contributed by atoms with Crippen LogP contribution in [0.2, 0.25) is 10.0 Å². The topological polar surface area (TPSA) is 78.9 Å². The Labute approximate surface area is 125 Å². The number of rotatable bonds is 2. The minimum absolute atomic E-state index is 0.285. The zero-order chi connectivity index (χ0) is 14.7. The fourth-order valence-electron chi connectivity index (χ4n) is 1.62. The lowest BCUT2D eigenvalue weighted by Gasteiger charge is -2.08. The second kappa shape index (κ2) is 5.83. The van der Waals surface area contributed by atoms with Gasteiger partial charge in [0.25, 0.3) is 5.91 Å². The summed E-state index contributed by atoms with van der Waals surface area (Å²) in [6.45, 7) is 0. The van der Waals surface area contributed by atoms with Gasteiger partial charge in [0.05, 0.1) is 22.3 Å². The van der Waals surface area contributed by atoms with E-state index in [-0.39, 0.29) is 10.9 Å². The van der Waals surface area contributed by atoms with Crippen LogP contribution >= 0.6 is 23.2 Å². The van der Waals surface area contributed by atoms with Gasteiger partial charge in [-0.15, -0.1) is 0 Å². The van der Waals surface area contributed by atoms with E-state index in [1.807, 2.05) is 6.07 Å². The van der Waals surface area contributed by atoms with Crippen molar-refractivity contribution in [2.24, 2.45) is 0 Å². The van der Waals surface area contributed by atoms with Gasteiger partial charge in [0.15, 0.2) is 0 Å². The van der Waals surface area contributed by atoms with Gasteiger partial charge in [0.1, 0.15) is 0 Å². The number of amides is 1. The van der Waals surface area contributed by atoms with E-state index in [9.17, 15) is 4.79 Å². The fourth-order valence-corrected chi connectivity index (χ4v) is 2.10. The highest BCUT2D eigenvalue weighted by atomic mass is 35.5. The first-order chi connectivity index (χ1) is 9.49. The lowest BCUT2D eigenvalue weighted by Crippen LogP contribution is -2.12. The van der Waals surface area contributed by atoms with E-state index in [2.05, 4.69) is 5.32 Å². The first-order valence-corrected chi connectivity index (χ1v) is 6.32. The van der Waals surface area contributed by atoms with Crippen molar-refractivity contribution in [3.63, 3.8) is 0 Å². The van der Waals surface area contributed by atoms with Crippen molar-refractivity contribution in [1.82, 2.24) is 0 Å². The maximum atomic E-state index is 12.1. The number of halogens is 2. The zero-order valence-electron chi connectivity index (χ0n) is 10.2. The normalized spacial score (nSPS) is 9.85. The highest BCUT2D eigenvalue weighted by Gasteiger charge is 2.10. The molecule has 0 heterocycles. The lowest BCUT2D eigenvalue weighted by molar-refractivity contribution is 0.102. The van der Waals surface area contributed by atoms with Gasteiger partial charge in [-0.25, -0.2) is 0 Å². The molecule has 1 amide bonds. The van der Waals surface area contributed by atoms with Crippen LogP contribution < -0.4 is 11.1 Å². The number of hydrogen-bond acceptors (Lipinski definition) is 3. The molecule has 4 nitrogen and oxygen atoms in total. The maximum absolute atomic E-state index is 12.1. The van der Waals surface area contributed by atoms with Crippen LogP contribution in [0, 0.1) is 11.3 Å². The third kappa shape index (κ3) is 3.21. The molecular weight excluding hydrogens is 297 g/mol. The molecule has 0 saturated carbocycles. The number of nitrogen functional groups attached to an aromatic ring is 1. The van der Waals surface area contributed by atoms with Crippen molar-refractivity contribution in [2.75, 3.05) is 11.1 Å². The van der Waals surface area contributed by atoms with Crippen LogP contribution in [0.1, 0.15) is 15.9 Å². The second-order valence-electron chi connectivity index (χ2n) is 4.03. The Morgan fingerprint density at radius 2 is 1.95 bits per heavy atom. The van der Waals surface area contributed by atoms with Gasteiger partial charge in [0, 0.05) is 16.3 Å². The van der Waals surface area contributed by atoms with Crippen LogP contribution in [0.15, 0.2) is 36.4 Å². The van der Waals surface area contributed by atoms with Crippen LogP contribution in [0.25, 0.3) is 0 Å². The van der Waals surface area contributed by atoms with E-state index in [4.69, 9.17) is 34.2 Å². The van der Waals surface area contributed by atoms with E-state index in [1.54, 1.807) is 18.2 Å². The number of nitrogens with two attached hydrogens (primary N) is 1. The molecule has 0 aliphatic carbocycles. The molecular formula is C14H9Cl2N3O. The standard InChI is InChI=1S/C14H9Cl2N3O/c15-10-4-9(5-11(18)6-10)14(20)19-13-2-1-8(7-17)3-12(13)16/h1-6H,18H2,(H,19,20). The van der Waals surface area contributed by atoms with Gasteiger partial charge in [-0.1, -0.05) is 23.2 Å². The van der Waals surface area contributed by atoms with E-state index >= 15 is 0 Å². The van der Waals surface area contributed by atoms with Crippen LogP contribution in [0.3, 0.4) is 0 Å².